The molecule has 2 saturated carbocycles. The van der Waals surface area contributed by atoms with Crippen LogP contribution in [-0.2, 0) is 4.79 Å². The number of fused-ring (bicyclic) bond motifs is 1. The number of ether oxygens (including phenoxy) is 1. The van der Waals surface area contributed by atoms with Crippen LogP contribution in [0.2, 0.25) is 0 Å². The van der Waals surface area contributed by atoms with Crippen molar-refractivity contribution in [2.45, 2.75) is 63.6 Å². The fourth-order valence-corrected chi connectivity index (χ4v) is 4.83. The standard InChI is InChI=1S/C24H30N6O3/c1-14-24(32)29(2)19-13-25-21(11-18(19)30(14)17-6-4-5-7-17)28-22-20(33-3)10-15(12-26-22)23(31)27-16-8-9-16/h10-14,16-17H,4-9H2,1-3H3,(H,27,31)(H,25,26,28)/t14-/m1/s1. The zero-order valence-corrected chi connectivity index (χ0v) is 19.3. The summed E-state index contributed by atoms with van der Waals surface area (Å²) in [6.07, 6.45) is 9.87. The van der Waals surface area contributed by atoms with E-state index in [2.05, 4.69) is 25.5 Å². The molecule has 2 fully saturated rings. The summed E-state index contributed by atoms with van der Waals surface area (Å²) in [4.78, 5) is 38.1. The highest BCUT2D eigenvalue weighted by Gasteiger charge is 2.38. The molecule has 0 unspecified atom stereocenters. The number of nitrogens with zero attached hydrogens (tertiary/aromatic N) is 4. The molecule has 2 N–H and O–H groups in total. The van der Waals surface area contributed by atoms with Crippen molar-refractivity contribution in [2.24, 2.45) is 0 Å². The average molecular weight is 451 g/mol. The minimum atomic E-state index is -0.224. The minimum Gasteiger partial charge on any atom is -0.493 e. The second kappa shape index (κ2) is 8.53. The third kappa shape index (κ3) is 4.07. The van der Waals surface area contributed by atoms with Crippen LogP contribution in [0.1, 0.15) is 55.8 Å². The van der Waals surface area contributed by atoms with E-state index in [1.54, 1.807) is 37.5 Å². The number of amides is 2. The molecule has 5 rings (SSSR count). The van der Waals surface area contributed by atoms with Crippen molar-refractivity contribution in [1.29, 1.82) is 0 Å². The van der Waals surface area contributed by atoms with Gasteiger partial charge >= 0.3 is 0 Å². The lowest BCUT2D eigenvalue weighted by molar-refractivity contribution is -0.119. The molecular weight excluding hydrogens is 420 g/mol. The highest BCUT2D eigenvalue weighted by molar-refractivity contribution is 6.05. The lowest BCUT2D eigenvalue weighted by Gasteiger charge is -2.43. The maximum atomic E-state index is 12.9. The Labute approximate surface area is 193 Å². The number of hydrogen-bond acceptors (Lipinski definition) is 7. The predicted octanol–water partition coefficient (Wildman–Crippen LogP) is 3.23. The number of aromatic nitrogens is 2. The molecule has 0 spiro atoms. The van der Waals surface area contributed by atoms with Crippen molar-refractivity contribution < 1.29 is 14.3 Å². The van der Waals surface area contributed by atoms with E-state index in [-0.39, 0.29) is 23.9 Å². The maximum Gasteiger partial charge on any atom is 0.253 e. The smallest absolute Gasteiger partial charge is 0.253 e. The molecule has 3 heterocycles. The Morgan fingerprint density at radius 1 is 1.09 bits per heavy atom. The highest BCUT2D eigenvalue weighted by Crippen LogP contribution is 2.41. The van der Waals surface area contributed by atoms with Gasteiger partial charge in [0.2, 0.25) is 5.91 Å². The van der Waals surface area contributed by atoms with Crippen molar-refractivity contribution in [3.05, 3.63) is 30.1 Å². The Bertz CT molecular complexity index is 1080. The van der Waals surface area contributed by atoms with Crippen LogP contribution in [0.25, 0.3) is 0 Å². The molecule has 0 aromatic carbocycles. The van der Waals surface area contributed by atoms with Crippen molar-refractivity contribution in [2.75, 3.05) is 29.3 Å². The largest absolute Gasteiger partial charge is 0.493 e. The van der Waals surface area contributed by atoms with Crippen molar-refractivity contribution in [1.82, 2.24) is 15.3 Å². The van der Waals surface area contributed by atoms with Gasteiger partial charge in [0.25, 0.3) is 5.91 Å². The number of pyridine rings is 2. The van der Waals surface area contributed by atoms with Gasteiger partial charge in [0, 0.05) is 31.4 Å². The summed E-state index contributed by atoms with van der Waals surface area (Å²) in [7, 11) is 3.35. The summed E-state index contributed by atoms with van der Waals surface area (Å²) < 4.78 is 5.50. The molecule has 0 bridgehead atoms. The SMILES string of the molecule is COc1cc(C(=O)NC2CC2)cnc1Nc1cc2c(cn1)N(C)C(=O)[C@@H](C)N2C1CCCC1. The molecule has 0 saturated heterocycles. The molecule has 0 radical (unpaired) electrons. The Hall–Kier alpha value is -3.36. The highest BCUT2D eigenvalue weighted by atomic mass is 16.5. The first-order valence-corrected chi connectivity index (χ1v) is 11.6. The molecule has 1 aliphatic heterocycles. The first-order chi connectivity index (χ1) is 16.0. The van der Waals surface area contributed by atoms with Crippen molar-refractivity contribution >= 4 is 34.8 Å². The van der Waals surface area contributed by atoms with Crippen LogP contribution in [0, 0.1) is 0 Å². The number of carbonyl (C=O) groups is 2. The Balaban J connectivity index is 1.44. The van der Waals surface area contributed by atoms with E-state index in [1.165, 1.54) is 12.8 Å². The molecule has 9 heteroatoms. The normalized spacial score (nSPS) is 20.6. The van der Waals surface area contributed by atoms with Crippen LogP contribution in [0.15, 0.2) is 24.5 Å². The van der Waals surface area contributed by atoms with E-state index < -0.39 is 0 Å². The van der Waals surface area contributed by atoms with Gasteiger partial charge in [0.1, 0.15) is 11.9 Å². The summed E-state index contributed by atoms with van der Waals surface area (Å²) >= 11 is 0. The lowest BCUT2D eigenvalue weighted by Crippen LogP contribution is -2.54. The van der Waals surface area contributed by atoms with Crippen molar-refractivity contribution in [3.63, 3.8) is 0 Å². The van der Waals surface area contributed by atoms with Gasteiger partial charge in [-0.25, -0.2) is 9.97 Å². The Morgan fingerprint density at radius 3 is 2.55 bits per heavy atom. The third-order valence-electron chi connectivity index (χ3n) is 6.82. The molecule has 2 aromatic rings. The van der Waals surface area contributed by atoms with Crippen LogP contribution >= 0.6 is 0 Å². The van der Waals surface area contributed by atoms with E-state index in [9.17, 15) is 9.59 Å². The van der Waals surface area contributed by atoms with Gasteiger partial charge in [-0.1, -0.05) is 12.8 Å². The molecule has 174 valence electrons. The van der Waals surface area contributed by atoms with Gasteiger partial charge in [0.15, 0.2) is 11.6 Å². The monoisotopic (exact) mass is 450 g/mol. The van der Waals surface area contributed by atoms with Gasteiger partial charge < -0.3 is 25.2 Å². The number of rotatable bonds is 6. The Morgan fingerprint density at radius 2 is 1.85 bits per heavy atom. The molecule has 33 heavy (non-hydrogen) atoms. The number of carbonyl (C=O) groups excluding carboxylic acids is 2. The van der Waals surface area contributed by atoms with Crippen LogP contribution < -0.4 is 25.2 Å². The summed E-state index contributed by atoms with van der Waals surface area (Å²) in [6.45, 7) is 1.98. The van der Waals surface area contributed by atoms with Crippen molar-refractivity contribution in [3.8, 4) is 5.75 Å². The lowest BCUT2D eigenvalue weighted by atomic mass is 10.0. The number of anilines is 4. The fourth-order valence-electron chi connectivity index (χ4n) is 4.83. The summed E-state index contributed by atoms with van der Waals surface area (Å²) in [5.41, 5.74) is 2.26. The molecule has 3 aliphatic rings. The predicted molar refractivity (Wildman–Crippen MR) is 126 cm³/mol. The second-order valence-electron chi connectivity index (χ2n) is 9.12. The summed E-state index contributed by atoms with van der Waals surface area (Å²) in [5, 5.41) is 6.20. The van der Waals surface area contributed by atoms with E-state index in [1.807, 2.05) is 13.0 Å². The van der Waals surface area contributed by atoms with Crippen LogP contribution in [0.3, 0.4) is 0 Å². The number of nitrogens with one attached hydrogen (secondary N) is 2. The number of methoxy groups -OCH3 is 1. The minimum absolute atomic E-state index is 0.0836. The second-order valence-corrected chi connectivity index (χ2v) is 9.12. The van der Waals surface area contributed by atoms with Gasteiger partial charge in [-0.05, 0) is 38.7 Å². The van der Waals surface area contributed by atoms with Crippen LogP contribution in [0.5, 0.6) is 5.75 Å². The molecule has 9 nitrogen and oxygen atoms in total. The van der Waals surface area contributed by atoms with Gasteiger partial charge in [0.05, 0.1) is 30.2 Å². The van der Waals surface area contributed by atoms with E-state index in [0.29, 0.717) is 29.0 Å². The summed E-state index contributed by atoms with van der Waals surface area (Å²) in [5.74, 6) is 1.49. The third-order valence-corrected chi connectivity index (χ3v) is 6.82. The fraction of sp³-hybridized carbons (Fsp3) is 0.500. The Kier molecular flexibility index (Phi) is 5.55. The first kappa shape index (κ1) is 21.5. The number of hydrogen-bond donors (Lipinski definition) is 2. The van der Waals surface area contributed by atoms with E-state index in [4.69, 9.17) is 4.74 Å². The van der Waals surface area contributed by atoms with E-state index in [0.717, 1.165) is 37.1 Å². The van der Waals surface area contributed by atoms with Gasteiger partial charge in [-0.2, -0.15) is 0 Å². The first-order valence-electron chi connectivity index (χ1n) is 11.6. The molecule has 2 aromatic heterocycles. The number of likely N-dealkylation sites (N-methyl/N-ethyl adjacent to an activating group) is 1. The molecule has 2 aliphatic carbocycles. The molecule has 2 amide bonds. The summed E-state index contributed by atoms with van der Waals surface area (Å²) in [6, 6.07) is 4.06. The maximum absolute atomic E-state index is 12.9. The van der Waals surface area contributed by atoms with Crippen LogP contribution in [-0.4, -0.2) is 54.1 Å². The molecule has 1 atom stereocenters. The van der Waals surface area contributed by atoms with Gasteiger partial charge in [-0.3, -0.25) is 9.59 Å². The molecular formula is C24H30N6O3. The zero-order valence-electron chi connectivity index (χ0n) is 19.3. The van der Waals surface area contributed by atoms with Gasteiger partial charge in [-0.15, -0.1) is 0 Å². The zero-order chi connectivity index (χ0) is 23.1. The van der Waals surface area contributed by atoms with E-state index >= 15 is 0 Å². The quantitative estimate of drug-likeness (QED) is 0.697. The topological polar surface area (TPSA) is 99.7 Å². The average Bonchev–Trinajstić information content (AvgIpc) is 3.47. The van der Waals surface area contributed by atoms with Crippen LogP contribution in [0.4, 0.5) is 23.0 Å².